The van der Waals surface area contributed by atoms with Crippen LogP contribution in [0.1, 0.15) is 31.2 Å². The topological polar surface area (TPSA) is 45.7 Å². The number of nitrogens with zero attached hydrogens (tertiary/aromatic N) is 1. The SMILES string of the molecule is CN=C(NCCOc1ccc(C)cc1)NC1CCCC1.I. The van der Waals surface area contributed by atoms with E-state index in [2.05, 4.69) is 34.7 Å². The molecule has 1 aromatic carbocycles. The molecule has 0 spiro atoms. The lowest BCUT2D eigenvalue weighted by Gasteiger charge is -2.17. The van der Waals surface area contributed by atoms with Crippen molar-refractivity contribution in [1.29, 1.82) is 0 Å². The summed E-state index contributed by atoms with van der Waals surface area (Å²) in [6, 6.07) is 8.70. The highest BCUT2D eigenvalue weighted by Crippen LogP contribution is 2.17. The van der Waals surface area contributed by atoms with E-state index < -0.39 is 0 Å². The summed E-state index contributed by atoms with van der Waals surface area (Å²) in [5, 5.41) is 6.75. The normalized spacial score (nSPS) is 15.4. The molecule has 1 fully saturated rings. The third-order valence-corrected chi connectivity index (χ3v) is 3.60. The molecular formula is C16H26IN3O. The maximum atomic E-state index is 5.68. The zero-order valence-electron chi connectivity index (χ0n) is 12.9. The van der Waals surface area contributed by atoms with Crippen LogP contribution in [0.5, 0.6) is 5.75 Å². The van der Waals surface area contributed by atoms with Gasteiger partial charge in [0.25, 0.3) is 0 Å². The van der Waals surface area contributed by atoms with Crippen LogP contribution in [-0.4, -0.2) is 32.2 Å². The summed E-state index contributed by atoms with van der Waals surface area (Å²) in [6.07, 6.45) is 5.15. The number of rotatable bonds is 5. The van der Waals surface area contributed by atoms with Crippen LogP contribution >= 0.6 is 24.0 Å². The molecule has 1 aliphatic rings. The van der Waals surface area contributed by atoms with Crippen molar-refractivity contribution in [2.45, 2.75) is 38.6 Å². The maximum absolute atomic E-state index is 5.68. The molecule has 1 aromatic rings. The second-order valence-electron chi connectivity index (χ2n) is 5.29. The highest BCUT2D eigenvalue weighted by Gasteiger charge is 2.15. The first-order chi connectivity index (χ1) is 9.78. The van der Waals surface area contributed by atoms with E-state index in [0.29, 0.717) is 12.6 Å². The Balaban J connectivity index is 0.00000220. The molecule has 1 aliphatic carbocycles. The third-order valence-electron chi connectivity index (χ3n) is 3.60. The fourth-order valence-corrected chi connectivity index (χ4v) is 2.43. The van der Waals surface area contributed by atoms with Crippen molar-refractivity contribution < 1.29 is 4.74 Å². The van der Waals surface area contributed by atoms with Gasteiger partial charge in [0.15, 0.2) is 5.96 Å². The smallest absolute Gasteiger partial charge is 0.191 e. The first kappa shape index (κ1) is 18.1. The molecule has 4 nitrogen and oxygen atoms in total. The Kier molecular flexibility index (Phi) is 8.49. The molecule has 118 valence electrons. The van der Waals surface area contributed by atoms with Crippen molar-refractivity contribution in [3.8, 4) is 5.75 Å². The van der Waals surface area contributed by atoms with Gasteiger partial charge in [0, 0.05) is 13.1 Å². The number of nitrogens with one attached hydrogen (secondary N) is 2. The molecule has 0 atom stereocenters. The Morgan fingerprint density at radius 1 is 1.24 bits per heavy atom. The lowest BCUT2D eigenvalue weighted by Crippen LogP contribution is -2.43. The molecule has 5 heteroatoms. The van der Waals surface area contributed by atoms with Crippen molar-refractivity contribution in [2.75, 3.05) is 20.2 Å². The number of aryl methyl sites for hydroxylation is 1. The lowest BCUT2D eigenvalue weighted by molar-refractivity contribution is 0.321. The molecule has 0 bridgehead atoms. The third kappa shape index (κ3) is 6.54. The second kappa shape index (κ2) is 9.87. The van der Waals surface area contributed by atoms with Gasteiger partial charge in [-0.1, -0.05) is 30.5 Å². The molecule has 1 saturated carbocycles. The van der Waals surface area contributed by atoms with Gasteiger partial charge in [0.05, 0.1) is 6.54 Å². The molecule has 0 amide bonds. The van der Waals surface area contributed by atoms with Crippen molar-refractivity contribution in [2.24, 2.45) is 4.99 Å². The van der Waals surface area contributed by atoms with Gasteiger partial charge in [-0.3, -0.25) is 4.99 Å². The summed E-state index contributed by atoms with van der Waals surface area (Å²) in [7, 11) is 1.81. The van der Waals surface area contributed by atoms with Crippen LogP contribution in [0, 0.1) is 6.92 Å². The van der Waals surface area contributed by atoms with E-state index in [1.807, 2.05) is 19.2 Å². The van der Waals surface area contributed by atoms with Crippen LogP contribution in [-0.2, 0) is 0 Å². The maximum Gasteiger partial charge on any atom is 0.191 e. The van der Waals surface area contributed by atoms with Gasteiger partial charge in [0.1, 0.15) is 12.4 Å². The summed E-state index contributed by atoms with van der Waals surface area (Å²) in [4.78, 5) is 4.25. The van der Waals surface area contributed by atoms with Crippen LogP contribution in [0.25, 0.3) is 0 Å². The van der Waals surface area contributed by atoms with Gasteiger partial charge >= 0.3 is 0 Å². The van der Waals surface area contributed by atoms with E-state index in [1.165, 1.54) is 31.2 Å². The molecule has 2 N–H and O–H groups in total. The van der Waals surface area contributed by atoms with Crippen molar-refractivity contribution >= 4 is 29.9 Å². The molecule has 0 radical (unpaired) electrons. The largest absolute Gasteiger partial charge is 0.492 e. The highest BCUT2D eigenvalue weighted by atomic mass is 127. The first-order valence-corrected chi connectivity index (χ1v) is 7.44. The zero-order chi connectivity index (χ0) is 14.2. The fourth-order valence-electron chi connectivity index (χ4n) is 2.43. The van der Waals surface area contributed by atoms with Gasteiger partial charge in [-0.2, -0.15) is 0 Å². The van der Waals surface area contributed by atoms with Crippen LogP contribution < -0.4 is 15.4 Å². The molecule has 2 rings (SSSR count). The van der Waals surface area contributed by atoms with E-state index in [9.17, 15) is 0 Å². The van der Waals surface area contributed by atoms with Crippen LogP contribution in [0.2, 0.25) is 0 Å². The summed E-state index contributed by atoms with van der Waals surface area (Å²) < 4.78 is 5.68. The number of guanidine groups is 1. The average molecular weight is 403 g/mol. The van der Waals surface area contributed by atoms with E-state index in [1.54, 1.807) is 0 Å². The number of ether oxygens (including phenoxy) is 1. The molecule has 21 heavy (non-hydrogen) atoms. The lowest BCUT2D eigenvalue weighted by atomic mass is 10.2. The quantitative estimate of drug-likeness (QED) is 0.344. The standard InChI is InChI=1S/C16H25N3O.HI/c1-13-7-9-15(10-8-13)20-12-11-18-16(17-2)19-14-5-3-4-6-14;/h7-10,14H,3-6,11-12H2,1-2H3,(H2,17,18,19);1H. The number of hydrogen-bond acceptors (Lipinski definition) is 2. The minimum absolute atomic E-state index is 0. The van der Waals surface area contributed by atoms with Crippen LogP contribution in [0.4, 0.5) is 0 Å². The predicted molar refractivity (Wildman–Crippen MR) is 98.8 cm³/mol. The Morgan fingerprint density at radius 2 is 1.90 bits per heavy atom. The first-order valence-electron chi connectivity index (χ1n) is 7.44. The van der Waals surface area contributed by atoms with E-state index in [4.69, 9.17) is 4.74 Å². The molecule has 0 unspecified atom stereocenters. The second-order valence-corrected chi connectivity index (χ2v) is 5.29. The van der Waals surface area contributed by atoms with Crippen LogP contribution in [0.15, 0.2) is 29.3 Å². The Morgan fingerprint density at radius 3 is 2.52 bits per heavy atom. The van der Waals surface area contributed by atoms with Gasteiger partial charge < -0.3 is 15.4 Å². The summed E-state index contributed by atoms with van der Waals surface area (Å²) in [6.45, 7) is 3.46. The molecule has 0 heterocycles. The predicted octanol–water partition coefficient (Wildman–Crippen LogP) is 3.10. The Hall–Kier alpha value is -0.980. The Labute approximate surface area is 144 Å². The minimum atomic E-state index is 0. The summed E-state index contributed by atoms with van der Waals surface area (Å²) in [5.74, 6) is 1.79. The number of aliphatic imine (C=N–C) groups is 1. The van der Waals surface area contributed by atoms with E-state index in [0.717, 1.165) is 18.3 Å². The van der Waals surface area contributed by atoms with Gasteiger partial charge in [-0.05, 0) is 31.9 Å². The number of benzene rings is 1. The van der Waals surface area contributed by atoms with Gasteiger partial charge in [-0.25, -0.2) is 0 Å². The van der Waals surface area contributed by atoms with Crippen molar-refractivity contribution in [3.63, 3.8) is 0 Å². The highest BCUT2D eigenvalue weighted by molar-refractivity contribution is 14.0. The van der Waals surface area contributed by atoms with Gasteiger partial charge in [-0.15, -0.1) is 24.0 Å². The van der Waals surface area contributed by atoms with E-state index in [-0.39, 0.29) is 24.0 Å². The fraction of sp³-hybridized carbons (Fsp3) is 0.562. The minimum Gasteiger partial charge on any atom is -0.492 e. The Bertz CT molecular complexity index is 428. The molecule has 0 aromatic heterocycles. The van der Waals surface area contributed by atoms with Crippen molar-refractivity contribution in [1.82, 2.24) is 10.6 Å². The average Bonchev–Trinajstić information content (AvgIpc) is 2.97. The number of halogens is 1. The molecular weight excluding hydrogens is 377 g/mol. The molecule has 0 aliphatic heterocycles. The molecule has 0 saturated heterocycles. The monoisotopic (exact) mass is 403 g/mol. The summed E-state index contributed by atoms with van der Waals surface area (Å²) >= 11 is 0. The van der Waals surface area contributed by atoms with Crippen LogP contribution in [0.3, 0.4) is 0 Å². The zero-order valence-corrected chi connectivity index (χ0v) is 15.2. The number of hydrogen-bond donors (Lipinski definition) is 2. The summed E-state index contributed by atoms with van der Waals surface area (Å²) in [5.41, 5.74) is 1.25. The van der Waals surface area contributed by atoms with E-state index >= 15 is 0 Å². The van der Waals surface area contributed by atoms with Crippen molar-refractivity contribution in [3.05, 3.63) is 29.8 Å². The van der Waals surface area contributed by atoms with Gasteiger partial charge in [0.2, 0.25) is 0 Å².